The first-order chi connectivity index (χ1) is 11.1. The minimum absolute atomic E-state index is 0.0698. The molecule has 0 unspecified atom stereocenters. The van der Waals surface area contributed by atoms with E-state index in [1.165, 1.54) is 12.1 Å². The first kappa shape index (κ1) is 14.9. The van der Waals surface area contributed by atoms with Gasteiger partial charge in [-0.2, -0.15) is 0 Å². The Morgan fingerprint density at radius 1 is 1.22 bits per heavy atom. The third kappa shape index (κ3) is 3.79. The van der Waals surface area contributed by atoms with Crippen molar-refractivity contribution in [3.63, 3.8) is 0 Å². The molecule has 0 bridgehead atoms. The molecule has 0 fully saturated rings. The summed E-state index contributed by atoms with van der Waals surface area (Å²) in [4.78, 5) is 16.1. The number of hydrogen-bond acceptors (Lipinski definition) is 4. The molecule has 3 aromatic rings. The normalized spacial score (nSPS) is 10.5. The number of nitrogens with one attached hydrogen (secondary N) is 1. The Morgan fingerprint density at radius 3 is 2.74 bits per heavy atom. The van der Waals surface area contributed by atoms with Crippen LogP contribution in [0.15, 0.2) is 53.2 Å². The van der Waals surface area contributed by atoms with Crippen LogP contribution in [0.2, 0.25) is 0 Å². The molecular weight excluding hydrogens is 297 g/mol. The van der Waals surface area contributed by atoms with Gasteiger partial charge >= 0.3 is 0 Å². The minimum atomic E-state index is -0.321. The van der Waals surface area contributed by atoms with Gasteiger partial charge in [0.25, 0.3) is 0 Å². The number of benzene rings is 1. The van der Waals surface area contributed by atoms with E-state index < -0.39 is 0 Å². The molecule has 0 aliphatic carbocycles. The van der Waals surface area contributed by atoms with Gasteiger partial charge in [-0.1, -0.05) is 5.16 Å². The van der Waals surface area contributed by atoms with Crippen LogP contribution in [0.3, 0.4) is 0 Å². The van der Waals surface area contributed by atoms with Crippen molar-refractivity contribution in [2.45, 2.75) is 13.3 Å². The maximum Gasteiger partial charge on any atom is 0.231 e. The molecule has 5 nitrogen and oxygen atoms in total. The summed E-state index contributed by atoms with van der Waals surface area (Å²) in [6, 6.07) is 11.2. The second-order valence-electron chi connectivity index (χ2n) is 5.13. The number of aromatic nitrogens is 2. The summed E-state index contributed by atoms with van der Waals surface area (Å²) in [6.07, 6.45) is 1.70. The molecule has 1 N–H and O–H groups in total. The van der Waals surface area contributed by atoms with E-state index in [1.54, 1.807) is 30.5 Å². The SMILES string of the molecule is Cc1ccnc(NC(=O)Cc2cc(-c3ccc(F)cc3)on2)c1. The number of rotatable bonds is 4. The molecular formula is C17H14FN3O2. The van der Waals surface area contributed by atoms with Gasteiger partial charge in [0.2, 0.25) is 5.91 Å². The van der Waals surface area contributed by atoms with E-state index in [4.69, 9.17) is 4.52 Å². The minimum Gasteiger partial charge on any atom is -0.356 e. The van der Waals surface area contributed by atoms with Crippen LogP contribution in [0.1, 0.15) is 11.3 Å². The highest BCUT2D eigenvalue weighted by Gasteiger charge is 2.11. The van der Waals surface area contributed by atoms with Crippen molar-refractivity contribution in [2.24, 2.45) is 0 Å². The van der Waals surface area contributed by atoms with Crippen molar-refractivity contribution in [3.8, 4) is 11.3 Å². The molecule has 0 aliphatic rings. The van der Waals surface area contributed by atoms with Crippen LogP contribution < -0.4 is 5.32 Å². The number of halogens is 1. The van der Waals surface area contributed by atoms with Gasteiger partial charge in [-0.25, -0.2) is 9.37 Å². The Kier molecular flexibility index (Phi) is 4.14. The zero-order chi connectivity index (χ0) is 16.2. The van der Waals surface area contributed by atoms with Gasteiger partial charge in [0.1, 0.15) is 11.6 Å². The van der Waals surface area contributed by atoms with Crippen molar-refractivity contribution in [3.05, 3.63) is 65.7 Å². The zero-order valence-corrected chi connectivity index (χ0v) is 12.4. The van der Waals surface area contributed by atoms with Gasteiger partial charge < -0.3 is 9.84 Å². The largest absolute Gasteiger partial charge is 0.356 e. The molecule has 116 valence electrons. The van der Waals surface area contributed by atoms with Crippen LogP contribution >= 0.6 is 0 Å². The molecule has 1 amide bonds. The molecule has 0 saturated heterocycles. The first-order valence-corrected chi connectivity index (χ1v) is 7.04. The highest BCUT2D eigenvalue weighted by atomic mass is 19.1. The lowest BCUT2D eigenvalue weighted by atomic mass is 10.1. The molecule has 0 radical (unpaired) electrons. The number of amides is 1. The van der Waals surface area contributed by atoms with Gasteiger partial charge in [0, 0.05) is 17.8 Å². The number of anilines is 1. The zero-order valence-electron chi connectivity index (χ0n) is 12.4. The molecule has 0 spiro atoms. The van der Waals surface area contributed by atoms with Crippen molar-refractivity contribution >= 4 is 11.7 Å². The maximum atomic E-state index is 12.9. The molecule has 2 aromatic heterocycles. The lowest BCUT2D eigenvalue weighted by molar-refractivity contribution is -0.115. The number of carbonyl (C=O) groups is 1. The van der Waals surface area contributed by atoms with Crippen LogP contribution in [0.25, 0.3) is 11.3 Å². The second kappa shape index (κ2) is 6.39. The number of pyridine rings is 1. The fourth-order valence-electron chi connectivity index (χ4n) is 2.10. The quantitative estimate of drug-likeness (QED) is 0.802. The molecule has 23 heavy (non-hydrogen) atoms. The van der Waals surface area contributed by atoms with E-state index in [0.717, 1.165) is 5.56 Å². The monoisotopic (exact) mass is 311 g/mol. The topological polar surface area (TPSA) is 68.0 Å². The fraction of sp³-hybridized carbons (Fsp3) is 0.118. The first-order valence-electron chi connectivity index (χ1n) is 7.04. The molecule has 3 rings (SSSR count). The van der Waals surface area contributed by atoms with E-state index in [0.29, 0.717) is 22.8 Å². The summed E-state index contributed by atoms with van der Waals surface area (Å²) in [5.74, 6) is 0.430. The number of hydrogen-bond donors (Lipinski definition) is 1. The molecule has 1 aromatic carbocycles. The Hall–Kier alpha value is -3.02. The van der Waals surface area contributed by atoms with Gasteiger partial charge in [0.05, 0.1) is 12.1 Å². The molecule has 0 atom stereocenters. The van der Waals surface area contributed by atoms with Crippen LogP contribution in [0.4, 0.5) is 10.2 Å². The number of nitrogens with zero attached hydrogens (tertiary/aromatic N) is 2. The van der Waals surface area contributed by atoms with E-state index in [-0.39, 0.29) is 18.1 Å². The van der Waals surface area contributed by atoms with E-state index in [9.17, 15) is 9.18 Å². The third-order valence-corrected chi connectivity index (χ3v) is 3.21. The van der Waals surface area contributed by atoms with Crippen LogP contribution in [0, 0.1) is 12.7 Å². The number of carbonyl (C=O) groups excluding carboxylic acids is 1. The van der Waals surface area contributed by atoms with E-state index >= 15 is 0 Å². The fourth-order valence-corrected chi connectivity index (χ4v) is 2.10. The average molecular weight is 311 g/mol. The van der Waals surface area contributed by atoms with Crippen LogP contribution in [-0.2, 0) is 11.2 Å². The molecule has 2 heterocycles. The standard InChI is InChI=1S/C17H14FN3O2/c1-11-6-7-19-16(8-11)20-17(22)10-14-9-15(23-21-14)12-2-4-13(18)5-3-12/h2-9H,10H2,1H3,(H,19,20,22). The maximum absolute atomic E-state index is 12.9. The molecule has 0 saturated carbocycles. The summed E-state index contributed by atoms with van der Waals surface area (Å²) < 4.78 is 18.1. The van der Waals surface area contributed by atoms with Crippen molar-refractivity contribution in [1.82, 2.24) is 10.1 Å². The summed E-state index contributed by atoms with van der Waals surface area (Å²) in [5, 5.41) is 6.57. The lowest BCUT2D eigenvalue weighted by Crippen LogP contribution is -2.15. The van der Waals surface area contributed by atoms with Gasteiger partial charge in [-0.3, -0.25) is 4.79 Å². The summed E-state index contributed by atoms with van der Waals surface area (Å²) in [6.45, 7) is 1.92. The van der Waals surface area contributed by atoms with Crippen molar-refractivity contribution < 1.29 is 13.7 Å². The van der Waals surface area contributed by atoms with Crippen LogP contribution in [-0.4, -0.2) is 16.0 Å². The van der Waals surface area contributed by atoms with Crippen molar-refractivity contribution in [2.75, 3.05) is 5.32 Å². The number of aryl methyl sites for hydroxylation is 1. The predicted molar refractivity (Wildman–Crippen MR) is 83.2 cm³/mol. The predicted octanol–water partition coefficient (Wildman–Crippen LogP) is 3.37. The second-order valence-corrected chi connectivity index (χ2v) is 5.13. The Morgan fingerprint density at radius 2 is 2.00 bits per heavy atom. The highest BCUT2D eigenvalue weighted by molar-refractivity contribution is 5.91. The smallest absolute Gasteiger partial charge is 0.231 e. The molecule has 6 heteroatoms. The van der Waals surface area contributed by atoms with Gasteiger partial charge in [-0.15, -0.1) is 0 Å². The third-order valence-electron chi connectivity index (χ3n) is 3.21. The van der Waals surface area contributed by atoms with E-state index in [1.807, 2.05) is 13.0 Å². The summed E-state index contributed by atoms with van der Waals surface area (Å²) in [5.41, 5.74) is 2.20. The summed E-state index contributed by atoms with van der Waals surface area (Å²) >= 11 is 0. The molecule has 0 aliphatic heterocycles. The van der Waals surface area contributed by atoms with E-state index in [2.05, 4.69) is 15.5 Å². The Bertz CT molecular complexity index is 828. The van der Waals surface area contributed by atoms with Crippen molar-refractivity contribution in [1.29, 1.82) is 0 Å². The van der Waals surface area contributed by atoms with Gasteiger partial charge in [0.15, 0.2) is 5.76 Å². The Labute approximate surface area is 132 Å². The highest BCUT2D eigenvalue weighted by Crippen LogP contribution is 2.21. The summed E-state index contributed by atoms with van der Waals surface area (Å²) in [7, 11) is 0. The average Bonchev–Trinajstić information content (AvgIpc) is 2.96. The van der Waals surface area contributed by atoms with Crippen LogP contribution in [0.5, 0.6) is 0 Å². The van der Waals surface area contributed by atoms with Gasteiger partial charge in [-0.05, 0) is 48.9 Å². The Balaban J connectivity index is 1.66. The lowest BCUT2D eigenvalue weighted by Gasteiger charge is -2.03.